The number of hydrogen-bond donors (Lipinski definition) is 4. The van der Waals surface area contributed by atoms with Gasteiger partial charge in [0.15, 0.2) is 0 Å². The van der Waals surface area contributed by atoms with Crippen LogP contribution in [-0.4, -0.2) is 33.9 Å². The lowest BCUT2D eigenvalue weighted by Crippen LogP contribution is -2.32. The van der Waals surface area contributed by atoms with Gasteiger partial charge in [-0.15, -0.1) is 11.8 Å². The molecule has 0 unspecified atom stereocenters. The number of amides is 1. The Morgan fingerprint density at radius 2 is 2.33 bits per heavy atom. The normalized spacial score (nSPS) is 15.1. The van der Waals surface area contributed by atoms with E-state index in [-0.39, 0.29) is 22.1 Å². The highest BCUT2D eigenvalue weighted by atomic mass is 32.2. The average Bonchev–Trinajstić information content (AvgIpc) is 2.37. The third-order valence-electron chi connectivity index (χ3n) is 1.95. The lowest BCUT2D eigenvalue weighted by Gasteiger charge is -2.09. The Bertz CT molecular complexity index is 551. The number of carboxylic acids is 1. The van der Waals surface area contributed by atoms with Crippen LogP contribution in [0.15, 0.2) is 23.1 Å². The SMILES string of the molecule is [2H]C([2H])([2H])C(=O)Nc1ccc(O)c(SC[C@H](N)C(=O)O)c1. The maximum Gasteiger partial charge on any atom is 0.321 e. The number of aromatic hydroxyl groups is 1. The molecule has 1 rings (SSSR count). The number of benzene rings is 1. The molecule has 0 aliphatic rings. The van der Waals surface area contributed by atoms with Crippen LogP contribution in [0.3, 0.4) is 0 Å². The molecule has 7 heteroatoms. The molecule has 1 amide bonds. The van der Waals surface area contributed by atoms with Gasteiger partial charge in [-0.1, -0.05) is 0 Å². The summed E-state index contributed by atoms with van der Waals surface area (Å²) in [5.41, 5.74) is 5.52. The van der Waals surface area contributed by atoms with E-state index in [1.54, 1.807) is 0 Å². The van der Waals surface area contributed by atoms with Crippen molar-refractivity contribution < 1.29 is 23.9 Å². The van der Waals surface area contributed by atoms with E-state index in [1.807, 2.05) is 0 Å². The summed E-state index contributed by atoms with van der Waals surface area (Å²) in [4.78, 5) is 22.2. The van der Waals surface area contributed by atoms with Gasteiger partial charge in [0.1, 0.15) is 11.8 Å². The number of nitrogens with one attached hydrogen (secondary N) is 1. The first-order valence-corrected chi connectivity index (χ1v) is 5.85. The fourth-order valence-corrected chi connectivity index (χ4v) is 2.02. The summed E-state index contributed by atoms with van der Waals surface area (Å²) < 4.78 is 20.9. The molecule has 18 heavy (non-hydrogen) atoms. The second-order valence-corrected chi connectivity index (χ2v) is 4.45. The Morgan fingerprint density at radius 1 is 1.61 bits per heavy atom. The molecular formula is C11H14N2O4S. The molecule has 6 nitrogen and oxygen atoms in total. The van der Waals surface area contributed by atoms with E-state index in [1.165, 1.54) is 18.2 Å². The monoisotopic (exact) mass is 273 g/mol. The van der Waals surface area contributed by atoms with Crippen LogP contribution in [0.2, 0.25) is 0 Å². The van der Waals surface area contributed by atoms with E-state index < -0.39 is 24.8 Å². The first-order valence-electron chi connectivity index (χ1n) is 6.37. The van der Waals surface area contributed by atoms with Gasteiger partial charge < -0.3 is 21.3 Å². The van der Waals surface area contributed by atoms with Crippen LogP contribution in [0.4, 0.5) is 5.69 Å². The zero-order valence-electron chi connectivity index (χ0n) is 12.2. The van der Waals surface area contributed by atoms with Crippen molar-refractivity contribution in [2.24, 2.45) is 5.73 Å². The van der Waals surface area contributed by atoms with Crippen molar-refractivity contribution in [1.29, 1.82) is 0 Å². The van der Waals surface area contributed by atoms with Gasteiger partial charge in [-0.05, 0) is 18.2 Å². The van der Waals surface area contributed by atoms with Gasteiger partial charge >= 0.3 is 5.97 Å². The van der Waals surface area contributed by atoms with E-state index in [9.17, 15) is 14.7 Å². The highest BCUT2D eigenvalue weighted by Gasteiger charge is 2.13. The summed E-state index contributed by atoms with van der Waals surface area (Å²) in [6, 6.07) is 2.84. The first-order chi connectivity index (χ1) is 9.61. The van der Waals surface area contributed by atoms with Gasteiger partial charge in [-0.25, -0.2) is 0 Å². The fourth-order valence-electron chi connectivity index (χ4n) is 1.09. The van der Waals surface area contributed by atoms with Gasteiger partial charge in [0.05, 0.1) is 4.90 Å². The molecular weight excluding hydrogens is 256 g/mol. The van der Waals surface area contributed by atoms with Gasteiger partial charge in [-0.3, -0.25) is 9.59 Å². The molecule has 0 radical (unpaired) electrons. The maximum absolute atomic E-state index is 11.3. The summed E-state index contributed by atoms with van der Waals surface area (Å²) in [7, 11) is 0. The van der Waals surface area contributed by atoms with Crippen molar-refractivity contribution >= 4 is 29.3 Å². The van der Waals surface area contributed by atoms with Crippen LogP contribution in [0, 0.1) is 0 Å². The van der Waals surface area contributed by atoms with Crippen LogP contribution in [0.5, 0.6) is 5.75 Å². The highest BCUT2D eigenvalue weighted by molar-refractivity contribution is 7.99. The maximum atomic E-state index is 11.3. The van der Waals surface area contributed by atoms with Crippen molar-refractivity contribution in [3.63, 3.8) is 0 Å². The molecule has 0 aromatic heterocycles. The molecule has 0 bridgehead atoms. The summed E-state index contributed by atoms with van der Waals surface area (Å²) in [6.07, 6.45) is 0. The smallest absolute Gasteiger partial charge is 0.321 e. The zero-order chi connectivity index (χ0) is 16.2. The number of carboxylic acid groups (broad SMARTS) is 1. The summed E-state index contributed by atoms with van der Waals surface area (Å²) in [5.74, 6) is -2.43. The van der Waals surface area contributed by atoms with Gasteiger partial charge in [0.2, 0.25) is 5.91 Å². The Kier molecular flexibility index (Phi) is 3.56. The molecule has 0 fully saturated rings. The van der Waals surface area contributed by atoms with Gasteiger partial charge in [-0.2, -0.15) is 0 Å². The highest BCUT2D eigenvalue weighted by Crippen LogP contribution is 2.31. The van der Waals surface area contributed by atoms with Crippen molar-refractivity contribution in [2.45, 2.75) is 17.8 Å². The number of thioether (sulfide) groups is 1. The molecule has 0 spiro atoms. The van der Waals surface area contributed by atoms with E-state index in [4.69, 9.17) is 15.0 Å². The lowest BCUT2D eigenvalue weighted by atomic mass is 10.3. The first kappa shape index (κ1) is 10.2. The minimum absolute atomic E-state index is 0.0135. The summed E-state index contributed by atoms with van der Waals surface area (Å²) >= 11 is 0.984. The Labute approximate surface area is 112 Å². The van der Waals surface area contributed by atoms with Crippen LogP contribution in [0.25, 0.3) is 0 Å². The number of hydrogen-bond acceptors (Lipinski definition) is 5. The molecule has 98 valence electrons. The number of phenolic OH excluding ortho intramolecular Hbond substituents is 1. The second kappa shape index (κ2) is 6.27. The largest absolute Gasteiger partial charge is 0.507 e. The van der Waals surface area contributed by atoms with Crippen LogP contribution in [0.1, 0.15) is 11.0 Å². The second-order valence-electron chi connectivity index (χ2n) is 3.39. The van der Waals surface area contributed by atoms with E-state index in [2.05, 4.69) is 5.32 Å². The summed E-state index contributed by atoms with van der Waals surface area (Å²) in [5, 5.41) is 20.5. The fraction of sp³-hybridized carbons (Fsp3) is 0.273. The minimum Gasteiger partial charge on any atom is -0.507 e. The number of carbonyl (C=O) groups excluding carboxylic acids is 1. The minimum atomic E-state index is -2.78. The number of nitrogens with two attached hydrogens (primary N) is 1. The average molecular weight is 273 g/mol. The topological polar surface area (TPSA) is 113 Å². The van der Waals surface area contributed by atoms with E-state index >= 15 is 0 Å². The molecule has 0 aliphatic carbocycles. The lowest BCUT2D eigenvalue weighted by molar-refractivity contribution is -0.137. The Hall–Kier alpha value is -1.73. The van der Waals surface area contributed by atoms with Gasteiger partial charge in [0.25, 0.3) is 0 Å². The summed E-state index contributed by atoms with van der Waals surface area (Å²) in [6.45, 7) is -2.78. The number of carbonyl (C=O) groups is 2. The molecule has 0 heterocycles. The predicted molar refractivity (Wildman–Crippen MR) is 68.7 cm³/mol. The molecule has 1 atom stereocenters. The number of aliphatic carboxylic acids is 1. The molecule has 5 N–H and O–H groups in total. The molecule has 0 saturated heterocycles. The number of phenols is 1. The number of anilines is 1. The van der Waals surface area contributed by atoms with Crippen LogP contribution < -0.4 is 11.1 Å². The molecule has 1 aromatic rings. The van der Waals surface area contributed by atoms with Crippen LogP contribution in [-0.2, 0) is 9.59 Å². The van der Waals surface area contributed by atoms with E-state index in [0.29, 0.717) is 0 Å². The zero-order valence-corrected chi connectivity index (χ0v) is 10.0. The quantitative estimate of drug-likeness (QED) is 0.467. The Morgan fingerprint density at radius 3 is 2.94 bits per heavy atom. The van der Waals surface area contributed by atoms with E-state index in [0.717, 1.165) is 11.8 Å². The molecule has 1 aromatic carbocycles. The van der Waals surface area contributed by atoms with Crippen molar-refractivity contribution in [3.8, 4) is 5.75 Å². The Balaban J connectivity index is 2.80. The standard InChI is InChI=1S/C11H14N2O4S/c1-6(14)13-7-2-3-9(15)10(4-7)18-5-8(12)11(16)17/h2-4,8,15H,5,12H2,1H3,(H,13,14)(H,16,17)/t8-/m0/s1/i1D3. The molecule has 0 aliphatic heterocycles. The van der Waals surface area contributed by atoms with Crippen LogP contribution >= 0.6 is 11.8 Å². The third kappa shape index (κ3) is 4.27. The van der Waals surface area contributed by atoms with Crippen molar-refractivity contribution in [1.82, 2.24) is 0 Å². The predicted octanol–water partition coefficient (Wildman–Crippen LogP) is 0.855. The third-order valence-corrected chi connectivity index (χ3v) is 3.12. The number of rotatable bonds is 5. The van der Waals surface area contributed by atoms with Gasteiger partial charge in [0, 0.05) is 22.4 Å². The van der Waals surface area contributed by atoms with Crippen molar-refractivity contribution in [3.05, 3.63) is 18.2 Å². The molecule has 0 saturated carbocycles. The van der Waals surface area contributed by atoms with Crippen molar-refractivity contribution in [2.75, 3.05) is 11.1 Å².